The quantitative estimate of drug-likeness (QED) is 0.167. The monoisotopic (exact) mass is 705 g/mol. The fourth-order valence-electron chi connectivity index (χ4n) is 5.62. The normalized spacial score (nSPS) is 27.4. The molecule has 9 heteroatoms. The molecule has 47 heavy (non-hydrogen) atoms. The summed E-state index contributed by atoms with van der Waals surface area (Å²) in [7, 11) is -4.57. The number of Topliss-reactive ketones (excluding diaryl/α,β-unsaturated/α-hetero) is 1. The van der Waals surface area contributed by atoms with Crippen molar-refractivity contribution in [2.24, 2.45) is 17.3 Å². The van der Waals surface area contributed by atoms with Crippen LogP contribution in [0.4, 0.5) is 0 Å². The number of nitrogens with zero attached hydrogens (tertiary/aromatic N) is 1. The van der Waals surface area contributed by atoms with E-state index in [9.17, 15) is 9.59 Å². The van der Waals surface area contributed by atoms with Crippen LogP contribution in [0.5, 0.6) is 0 Å². The third-order valence-corrected chi connectivity index (χ3v) is 20.8. The van der Waals surface area contributed by atoms with Gasteiger partial charge in [-0.15, -0.1) is 11.3 Å². The maximum Gasteiger partial charge on any atom is 0.309 e. The van der Waals surface area contributed by atoms with Crippen LogP contribution in [-0.4, -0.2) is 51.7 Å². The standard InChI is InChI=1S/C38H67NO5SSi2/c1-26-21-19-17-18-20-22-31(27(2)23-30-25-45-29(4)39-30)42-33(40)24-32(43-46(13,14)36(5,6)7)38(11,12)35(41)28(3)34(26)44-47(15,16)37(8,9)10/h18,20,23,25-26,28,31-32,34H,17,19,21-22,24H2,1-16H3/b20-18-,27-23+/t26?,28-,31+,32+,34+/m1/s1. The Morgan fingerprint density at radius 3 is 2.11 bits per heavy atom. The van der Waals surface area contributed by atoms with E-state index in [-0.39, 0.29) is 46.2 Å². The molecule has 0 amide bonds. The minimum atomic E-state index is -2.38. The summed E-state index contributed by atoms with van der Waals surface area (Å²) in [5.74, 6) is -0.427. The van der Waals surface area contributed by atoms with Crippen molar-refractivity contribution in [1.82, 2.24) is 4.98 Å². The molecule has 0 spiro atoms. The second-order valence-corrected chi connectivity index (χ2v) is 28.1. The number of ketones is 1. The topological polar surface area (TPSA) is 74.7 Å². The van der Waals surface area contributed by atoms with Crippen LogP contribution >= 0.6 is 11.3 Å². The predicted octanol–water partition coefficient (Wildman–Crippen LogP) is 10.9. The molecule has 0 saturated heterocycles. The molecule has 268 valence electrons. The Labute approximate surface area is 293 Å². The molecule has 0 N–H and O–H groups in total. The lowest BCUT2D eigenvalue weighted by molar-refractivity contribution is -0.153. The number of thiazole rings is 1. The van der Waals surface area contributed by atoms with Crippen molar-refractivity contribution in [3.63, 3.8) is 0 Å². The van der Waals surface area contributed by atoms with Gasteiger partial charge < -0.3 is 13.6 Å². The summed E-state index contributed by atoms with van der Waals surface area (Å²) in [4.78, 5) is 33.3. The van der Waals surface area contributed by atoms with Crippen molar-refractivity contribution in [1.29, 1.82) is 0 Å². The van der Waals surface area contributed by atoms with Crippen LogP contribution in [0.15, 0.2) is 23.1 Å². The van der Waals surface area contributed by atoms with E-state index in [1.165, 1.54) is 0 Å². The summed E-state index contributed by atoms with van der Waals surface area (Å²) in [5.41, 5.74) is 0.873. The third kappa shape index (κ3) is 11.3. The summed E-state index contributed by atoms with van der Waals surface area (Å²) >= 11 is 1.60. The molecule has 2 heterocycles. The molecular formula is C38H67NO5SSi2. The average Bonchev–Trinajstić information content (AvgIpc) is 3.33. The number of carbonyl (C=O) groups excluding carboxylic acids is 2. The minimum absolute atomic E-state index is 0.00455. The number of hydrogen-bond acceptors (Lipinski definition) is 7. The van der Waals surface area contributed by atoms with Gasteiger partial charge in [-0.05, 0) is 86.9 Å². The minimum Gasteiger partial charge on any atom is -0.457 e. The zero-order chi connectivity index (χ0) is 36.2. The third-order valence-electron chi connectivity index (χ3n) is 11.1. The van der Waals surface area contributed by atoms with Gasteiger partial charge in [-0.3, -0.25) is 9.59 Å². The van der Waals surface area contributed by atoms with Gasteiger partial charge in [0.05, 0.1) is 29.3 Å². The van der Waals surface area contributed by atoms with Gasteiger partial charge in [0.2, 0.25) is 0 Å². The molecule has 1 aromatic heterocycles. The number of carbonyl (C=O) groups is 2. The molecule has 0 saturated carbocycles. The number of ether oxygens (including phenoxy) is 1. The van der Waals surface area contributed by atoms with E-state index >= 15 is 0 Å². The van der Waals surface area contributed by atoms with Gasteiger partial charge >= 0.3 is 5.97 Å². The maximum atomic E-state index is 14.8. The lowest BCUT2D eigenvalue weighted by atomic mass is 9.73. The number of rotatable bonds is 6. The predicted molar refractivity (Wildman–Crippen MR) is 204 cm³/mol. The Balaban J connectivity index is 2.62. The van der Waals surface area contributed by atoms with Crippen LogP contribution in [0.1, 0.15) is 119 Å². The molecule has 1 unspecified atom stereocenters. The smallest absolute Gasteiger partial charge is 0.309 e. The van der Waals surface area contributed by atoms with E-state index in [0.717, 1.165) is 35.5 Å². The number of aryl methyl sites for hydroxylation is 1. The van der Waals surface area contributed by atoms with Crippen LogP contribution in [0.25, 0.3) is 6.08 Å². The van der Waals surface area contributed by atoms with Crippen molar-refractivity contribution in [2.45, 2.75) is 170 Å². The first kappa shape index (κ1) is 41.8. The van der Waals surface area contributed by atoms with Gasteiger partial charge in [-0.2, -0.15) is 0 Å². The molecule has 0 aromatic carbocycles. The molecule has 1 aliphatic heterocycles. The van der Waals surface area contributed by atoms with E-state index in [2.05, 4.69) is 91.8 Å². The van der Waals surface area contributed by atoms with Crippen LogP contribution in [-0.2, 0) is 23.2 Å². The Morgan fingerprint density at radius 2 is 1.57 bits per heavy atom. The number of esters is 1. The van der Waals surface area contributed by atoms with Crippen molar-refractivity contribution in [3.05, 3.63) is 33.8 Å². The SMILES string of the molecule is C/C(=C\c1csc(C)n1)[C@@H]1C/C=C\CCCC(C)[C@H](O[Si](C)(C)C(C)(C)C)[C@@H](C)C(=O)C(C)(C)[C@@H](O[Si](C)(C)C(C)(C)C)CC(=O)O1. The average molecular weight is 706 g/mol. The first-order valence-corrected chi connectivity index (χ1v) is 24.3. The highest BCUT2D eigenvalue weighted by molar-refractivity contribution is 7.09. The van der Waals surface area contributed by atoms with Gasteiger partial charge in [0.1, 0.15) is 11.9 Å². The summed E-state index contributed by atoms with van der Waals surface area (Å²) in [5, 5.41) is 2.94. The van der Waals surface area contributed by atoms with E-state index in [1.807, 2.05) is 46.1 Å². The zero-order valence-corrected chi connectivity index (χ0v) is 35.4. The molecule has 1 aromatic rings. The van der Waals surface area contributed by atoms with Gasteiger partial charge in [0.25, 0.3) is 0 Å². The van der Waals surface area contributed by atoms with Crippen LogP contribution in [0.3, 0.4) is 0 Å². The fourth-order valence-corrected chi connectivity index (χ4v) is 9.10. The largest absolute Gasteiger partial charge is 0.457 e. The molecule has 0 fully saturated rings. The second-order valence-electron chi connectivity index (χ2n) is 17.6. The van der Waals surface area contributed by atoms with Gasteiger partial charge in [0, 0.05) is 23.1 Å². The molecule has 0 bridgehead atoms. The number of allylic oxidation sites excluding steroid dienone is 1. The molecule has 1 aliphatic rings. The van der Waals surface area contributed by atoms with Crippen molar-refractivity contribution < 1.29 is 23.2 Å². The highest BCUT2D eigenvalue weighted by atomic mass is 32.1. The molecule has 5 atom stereocenters. The summed E-state index contributed by atoms with van der Waals surface area (Å²) in [6.07, 6.45) is 8.53. The van der Waals surface area contributed by atoms with Crippen LogP contribution < -0.4 is 0 Å². The summed E-state index contributed by atoms with van der Waals surface area (Å²) < 4.78 is 20.4. The molecule has 2 rings (SSSR count). The highest BCUT2D eigenvalue weighted by Gasteiger charge is 2.50. The van der Waals surface area contributed by atoms with Gasteiger partial charge in [-0.25, -0.2) is 4.98 Å². The molecule has 6 nitrogen and oxygen atoms in total. The number of hydrogen-bond donors (Lipinski definition) is 0. The molecular weight excluding hydrogens is 639 g/mol. The Kier molecular flexibility index (Phi) is 14.3. The molecule has 0 aliphatic carbocycles. The molecule has 0 radical (unpaired) electrons. The lowest BCUT2D eigenvalue weighted by Gasteiger charge is -2.46. The Hall–Kier alpha value is -1.40. The second kappa shape index (κ2) is 16.1. The Morgan fingerprint density at radius 1 is 1.00 bits per heavy atom. The van der Waals surface area contributed by atoms with Gasteiger partial charge in [0.15, 0.2) is 16.6 Å². The lowest BCUT2D eigenvalue weighted by Crippen LogP contribution is -2.54. The van der Waals surface area contributed by atoms with Gasteiger partial charge in [-0.1, -0.05) is 81.4 Å². The van der Waals surface area contributed by atoms with E-state index in [4.69, 9.17) is 13.6 Å². The van der Waals surface area contributed by atoms with E-state index < -0.39 is 34.3 Å². The van der Waals surface area contributed by atoms with E-state index in [0.29, 0.717) is 6.42 Å². The fraction of sp³-hybridized carbons (Fsp3) is 0.763. The number of aromatic nitrogens is 1. The summed E-state index contributed by atoms with van der Waals surface area (Å²) in [6.45, 7) is 34.4. The zero-order valence-electron chi connectivity index (χ0n) is 32.6. The van der Waals surface area contributed by atoms with Crippen LogP contribution in [0, 0.1) is 24.2 Å². The van der Waals surface area contributed by atoms with Crippen molar-refractivity contribution in [3.8, 4) is 0 Å². The van der Waals surface area contributed by atoms with Crippen molar-refractivity contribution in [2.75, 3.05) is 0 Å². The first-order chi connectivity index (χ1) is 21.3. The van der Waals surface area contributed by atoms with E-state index in [1.54, 1.807) is 11.3 Å². The first-order valence-electron chi connectivity index (χ1n) is 17.6. The highest BCUT2D eigenvalue weighted by Crippen LogP contribution is 2.44. The van der Waals surface area contributed by atoms with Crippen molar-refractivity contribution >= 4 is 45.8 Å². The maximum absolute atomic E-state index is 14.8. The number of cyclic esters (lactones) is 1. The summed E-state index contributed by atoms with van der Waals surface area (Å²) in [6, 6.07) is 0. The Bertz CT molecular complexity index is 1270. The van der Waals surface area contributed by atoms with Crippen LogP contribution in [0.2, 0.25) is 36.3 Å².